The number of nitrogens with zero attached hydrogens (tertiary/aromatic N) is 1. The molecule has 0 aromatic rings. The second-order valence-electron chi connectivity index (χ2n) is 4.27. The fraction of sp³-hybridized carbons (Fsp3) is 0.818. The van der Waals surface area contributed by atoms with Crippen molar-refractivity contribution in [3.63, 3.8) is 0 Å². The summed E-state index contributed by atoms with van der Waals surface area (Å²) < 4.78 is 0. The number of carbonyl (C=O) groups excluding carboxylic acids is 2. The van der Waals surface area contributed by atoms with Crippen LogP contribution in [0.1, 0.15) is 26.7 Å². The predicted octanol–water partition coefficient (Wildman–Crippen LogP) is -0.292. The molecular formula is C11H21N3O2. The third-order valence-electron chi connectivity index (χ3n) is 3.19. The van der Waals surface area contributed by atoms with Crippen LogP contribution in [-0.2, 0) is 9.59 Å². The standard InChI is InChI=1S/C11H21N3O2/c1-3-9(7-12)6-10(15)14-5-4-13-11(16)8(14)2/h8-9H,3-7,12H2,1-2H3,(H,13,16). The number of rotatable bonds is 4. The molecule has 1 aliphatic rings. The van der Waals surface area contributed by atoms with E-state index in [0.717, 1.165) is 6.42 Å². The van der Waals surface area contributed by atoms with Crippen LogP contribution in [0, 0.1) is 5.92 Å². The molecule has 0 aromatic heterocycles. The summed E-state index contributed by atoms with van der Waals surface area (Å²) in [5.41, 5.74) is 5.57. The first-order valence-corrected chi connectivity index (χ1v) is 5.87. The number of amides is 2. The van der Waals surface area contributed by atoms with Crippen molar-refractivity contribution in [2.75, 3.05) is 19.6 Å². The van der Waals surface area contributed by atoms with Crippen LogP contribution in [0.25, 0.3) is 0 Å². The van der Waals surface area contributed by atoms with Gasteiger partial charge in [-0.05, 0) is 19.4 Å². The van der Waals surface area contributed by atoms with E-state index >= 15 is 0 Å². The maximum atomic E-state index is 12.0. The van der Waals surface area contributed by atoms with Crippen molar-refractivity contribution in [1.29, 1.82) is 0 Å². The molecule has 1 rings (SSSR count). The molecule has 16 heavy (non-hydrogen) atoms. The largest absolute Gasteiger partial charge is 0.353 e. The lowest BCUT2D eigenvalue weighted by atomic mass is 10.0. The van der Waals surface area contributed by atoms with Crippen molar-refractivity contribution in [3.8, 4) is 0 Å². The molecule has 2 unspecified atom stereocenters. The molecular weight excluding hydrogens is 206 g/mol. The minimum atomic E-state index is -0.350. The van der Waals surface area contributed by atoms with Gasteiger partial charge < -0.3 is 16.0 Å². The smallest absolute Gasteiger partial charge is 0.242 e. The molecule has 1 fully saturated rings. The average molecular weight is 227 g/mol. The van der Waals surface area contributed by atoms with Gasteiger partial charge in [0.1, 0.15) is 6.04 Å². The van der Waals surface area contributed by atoms with Gasteiger partial charge >= 0.3 is 0 Å². The lowest BCUT2D eigenvalue weighted by Crippen LogP contribution is -2.56. The normalized spacial score (nSPS) is 22.8. The zero-order valence-electron chi connectivity index (χ0n) is 10.0. The molecule has 1 heterocycles. The van der Waals surface area contributed by atoms with Crippen LogP contribution in [0.4, 0.5) is 0 Å². The molecule has 2 atom stereocenters. The zero-order chi connectivity index (χ0) is 12.1. The fourth-order valence-corrected chi connectivity index (χ4v) is 1.88. The monoisotopic (exact) mass is 227 g/mol. The topological polar surface area (TPSA) is 75.4 Å². The molecule has 0 aliphatic carbocycles. The van der Waals surface area contributed by atoms with Gasteiger partial charge in [0.25, 0.3) is 0 Å². The van der Waals surface area contributed by atoms with E-state index in [9.17, 15) is 9.59 Å². The van der Waals surface area contributed by atoms with Gasteiger partial charge in [-0.25, -0.2) is 0 Å². The van der Waals surface area contributed by atoms with Gasteiger partial charge in [0.15, 0.2) is 0 Å². The number of carbonyl (C=O) groups is 2. The molecule has 3 N–H and O–H groups in total. The number of hydrogen-bond acceptors (Lipinski definition) is 3. The highest BCUT2D eigenvalue weighted by Gasteiger charge is 2.29. The van der Waals surface area contributed by atoms with E-state index in [2.05, 4.69) is 5.32 Å². The summed E-state index contributed by atoms with van der Waals surface area (Å²) >= 11 is 0. The molecule has 0 saturated carbocycles. The first-order valence-electron chi connectivity index (χ1n) is 5.87. The van der Waals surface area contributed by atoms with Crippen LogP contribution in [0.5, 0.6) is 0 Å². The van der Waals surface area contributed by atoms with Gasteiger partial charge in [-0.1, -0.05) is 13.3 Å². The van der Waals surface area contributed by atoms with Crippen molar-refractivity contribution in [2.24, 2.45) is 11.7 Å². The van der Waals surface area contributed by atoms with E-state index in [1.165, 1.54) is 0 Å². The van der Waals surface area contributed by atoms with E-state index in [-0.39, 0.29) is 23.8 Å². The maximum Gasteiger partial charge on any atom is 0.242 e. The highest BCUT2D eigenvalue weighted by Crippen LogP contribution is 2.12. The molecule has 2 amide bonds. The number of nitrogens with one attached hydrogen (secondary N) is 1. The van der Waals surface area contributed by atoms with Gasteiger partial charge in [-0.3, -0.25) is 9.59 Å². The fourth-order valence-electron chi connectivity index (χ4n) is 1.88. The van der Waals surface area contributed by atoms with E-state index < -0.39 is 0 Å². The molecule has 0 aromatic carbocycles. The first-order chi connectivity index (χ1) is 7.60. The minimum Gasteiger partial charge on any atom is -0.353 e. The van der Waals surface area contributed by atoms with E-state index in [4.69, 9.17) is 5.73 Å². The molecule has 0 radical (unpaired) electrons. The predicted molar refractivity (Wildman–Crippen MR) is 61.6 cm³/mol. The summed E-state index contributed by atoms with van der Waals surface area (Å²) in [6, 6.07) is -0.350. The summed E-state index contributed by atoms with van der Waals surface area (Å²) in [7, 11) is 0. The molecule has 0 bridgehead atoms. The van der Waals surface area contributed by atoms with Crippen molar-refractivity contribution >= 4 is 11.8 Å². The van der Waals surface area contributed by atoms with E-state index in [1.54, 1.807) is 11.8 Å². The first kappa shape index (κ1) is 13.0. The van der Waals surface area contributed by atoms with Gasteiger partial charge in [-0.2, -0.15) is 0 Å². The van der Waals surface area contributed by atoms with Gasteiger partial charge in [-0.15, -0.1) is 0 Å². The minimum absolute atomic E-state index is 0.0413. The van der Waals surface area contributed by atoms with Crippen LogP contribution in [0.3, 0.4) is 0 Å². The lowest BCUT2D eigenvalue weighted by molar-refractivity contribution is -0.143. The van der Waals surface area contributed by atoms with Crippen molar-refractivity contribution in [2.45, 2.75) is 32.7 Å². The van der Waals surface area contributed by atoms with Gasteiger partial charge in [0, 0.05) is 19.5 Å². The quantitative estimate of drug-likeness (QED) is 0.693. The van der Waals surface area contributed by atoms with E-state index in [1.807, 2.05) is 6.92 Å². The third-order valence-corrected chi connectivity index (χ3v) is 3.19. The Morgan fingerprint density at radius 1 is 1.69 bits per heavy atom. The number of nitrogens with two attached hydrogens (primary N) is 1. The summed E-state index contributed by atoms with van der Waals surface area (Å²) in [5.74, 6) is 0.199. The SMILES string of the molecule is CCC(CN)CC(=O)N1CCNC(=O)C1C. The highest BCUT2D eigenvalue weighted by atomic mass is 16.2. The second kappa shape index (κ2) is 5.84. The molecule has 5 nitrogen and oxygen atoms in total. The third kappa shape index (κ3) is 2.95. The Morgan fingerprint density at radius 3 is 2.94 bits per heavy atom. The van der Waals surface area contributed by atoms with Crippen molar-refractivity contribution in [3.05, 3.63) is 0 Å². The van der Waals surface area contributed by atoms with Crippen LogP contribution in [0.15, 0.2) is 0 Å². The van der Waals surface area contributed by atoms with Crippen molar-refractivity contribution < 1.29 is 9.59 Å². The Bertz CT molecular complexity index is 264. The van der Waals surface area contributed by atoms with Crippen LogP contribution >= 0.6 is 0 Å². The number of piperazine rings is 1. The number of hydrogen-bond donors (Lipinski definition) is 2. The molecule has 92 valence electrons. The van der Waals surface area contributed by atoms with Crippen molar-refractivity contribution in [1.82, 2.24) is 10.2 Å². The maximum absolute atomic E-state index is 12.0. The van der Waals surface area contributed by atoms with E-state index in [0.29, 0.717) is 26.1 Å². The summed E-state index contributed by atoms with van der Waals surface area (Å²) in [6.45, 7) is 5.46. The second-order valence-corrected chi connectivity index (χ2v) is 4.27. The Kier molecular flexibility index (Phi) is 4.73. The Hall–Kier alpha value is -1.10. The average Bonchev–Trinajstić information content (AvgIpc) is 2.29. The molecule has 5 heteroatoms. The van der Waals surface area contributed by atoms with Crippen LogP contribution in [0.2, 0.25) is 0 Å². The summed E-state index contributed by atoms with van der Waals surface area (Å²) in [5, 5.41) is 2.74. The Labute approximate surface area is 96.4 Å². The van der Waals surface area contributed by atoms with Gasteiger partial charge in [0.05, 0.1) is 0 Å². The molecule has 0 spiro atoms. The lowest BCUT2D eigenvalue weighted by Gasteiger charge is -2.33. The Morgan fingerprint density at radius 2 is 2.38 bits per heavy atom. The highest BCUT2D eigenvalue weighted by molar-refractivity contribution is 5.88. The summed E-state index contributed by atoms with van der Waals surface area (Å²) in [4.78, 5) is 25.0. The van der Waals surface area contributed by atoms with Gasteiger partial charge in [0.2, 0.25) is 11.8 Å². The van der Waals surface area contributed by atoms with Crippen LogP contribution in [-0.4, -0.2) is 42.4 Å². The van der Waals surface area contributed by atoms with Crippen LogP contribution < -0.4 is 11.1 Å². The zero-order valence-corrected chi connectivity index (χ0v) is 10.0. The summed E-state index contributed by atoms with van der Waals surface area (Å²) in [6.07, 6.45) is 1.35. The molecule has 1 saturated heterocycles. The Balaban J connectivity index is 2.55. The molecule has 1 aliphatic heterocycles.